The minimum Gasteiger partial charge on any atom is -0.354 e. The number of rotatable bonds is 6. The summed E-state index contributed by atoms with van der Waals surface area (Å²) in [5, 5.41) is 10.8. The Hall–Kier alpha value is -4.12. The van der Waals surface area contributed by atoms with Crippen LogP contribution in [-0.2, 0) is 16.0 Å². The fraction of sp³-hybridized carbons (Fsp3) is 0.0833. The molecule has 11 heteroatoms. The second-order valence-electron chi connectivity index (χ2n) is 7.54. The third-order valence-electron chi connectivity index (χ3n) is 5.16. The fourth-order valence-corrected chi connectivity index (χ4v) is 4.83. The number of halogens is 3. The van der Waals surface area contributed by atoms with Gasteiger partial charge >= 0.3 is 6.18 Å². The molecule has 0 saturated carbocycles. The van der Waals surface area contributed by atoms with E-state index in [2.05, 4.69) is 20.8 Å². The molecule has 0 spiro atoms. The standard InChI is InChI=1S/C24H19F3N4O3S/c1-15-21(30-31-22(15)24(25,26)27)23(32)29-17-11-13-18(14-12-17)35(33,34)20-10-6-5-9-19(20)28-16-7-3-2-4-8-16/h2-14,28H,1H3,(H,29,32)(H,30,31). The second-order valence-corrected chi connectivity index (χ2v) is 9.46. The van der Waals surface area contributed by atoms with Crippen LogP contribution in [0.3, 0.4) is 0 Å². The maximum absolute atomic E-state index is 13.3. The maximum atomic E-state index is 13.3. The number of carbonyl (C=O) groups excluding carboxylic acids is 1. The van der Waals surface area contributed by atoms with Crippen molar-refractivity contribution < 1.29 is 26.4 Å². The monoisotopic (exact) mass is 500 g/mol. The SMILES string of the molecule is Cc1c(C(F)(F)F)n[nH]c1C(=O)Nc1ccc(S(=O)(=O)c2ccccc2Nc2ccccc2)cc1. The molecule has 0 atom stereocenters. The highest BCUT2D eigenvalue weighted by molar-refractivity contribution is 7.91. The number of aromatic nitrogens is 2. The van der Waals surface area contributed by atoms with Crippen molar-refractivity contribution in [3.05, 3.63) is 95.8 Å². The first-order valence-corrected chi connectivity index (χ1v) is 11.8. The quantitative estimate of drug-likeness (QED) is 0.321. The normalized spacial score (nSPS) is 11.8. The van der Waals surface area contributed by atoms with Gasteiger partial charge in [0.25, 0.3) is 5.91 Å². The zero-order chi connectivity index (χ0) is 25.2. The van der Waals surface area contributed by atoms with E-state index < -0.39 is 27.6 Å². The number of hydrogen-bond acceptors (Lipinski definition) is 5. The summed E-state index contributed by atoms with van der Waals surface area (Å²) < 4.78 is 65.4. The van der Waals surface area contributed by atoms with Crippen LogP contribution < -0.4 is 10.6 Å². The van der Waals surface area contributed by atoms with Gasteiger partial charge in [0, 0.05) is 16.9 Å². The summed E-state index contributed by atoms with van der Waals surface area (Å²) in [4.78, 5) is 12.5. The van der Waals surface area contributed by atoms with Gasteiger partial charge in [-0.15, -0.1) is 0 Å². The van der Waals surface area contributed by atoms with Crippen LogP contribution in [0.2, 0.25) is 0 Å². The Labute approximate surface area is 198 Å². The number of nitrogens with one attached hydrogen (secondary N) is 3. The molecular formula is C24H19F3N4O3S. The summed E-state index contributed by atoms with van der Waals surface area (Å²) in [5.41, 5.74) is -0.534. The van der Waals surface area contributed by atoms with E-state index in [0.29, 0.717) is 5.69 Å². The van der Waals surface area contributed by atoms with Crippen molar-refractivity contribution in [2.45, 2.75) is 22.9 Å². The molecular weight excluding hydrogens is 481 g/mol. The number of hydrogen-bond donors (Lipinski definition) is 3. The lowest BCUT2D eigenvalue weighted by atomic mass is 10.2. The summed E-state index contributed by atoms with van der Waals surface area (Å²) in [6, 6.07) is 20.9. The number of carbonyl (C=O) groups is 1. The number of amides is 1. The van der Waals surface area contributed by atoms with E-state index in [9.17, 15) is 26.4 Å². The number of anilines is 3. The predicted molar refractivity (Wildman–Crippen MR) is 124 cm³/mol. The van der Waals surface area contributed by atoms with Gasteiger partial charge in [-0.25, -0.2) is 8.42 Å². The largest absolute Gasteiger partial charge is 0.435 e. The van der Waals surface area contributed by atoms with Crippen molar-refractivity contribution in [2.75, 3.05) is 10.6 Å². The van der Waals surface area contributed by atoms with Crippen LogP contribution in [0.15, 0.2) is 88.7 Å². The van der Waals surface area contributed by atoms with Gasteiger partial charge in [0.15, 0.2) is 5.69 Å². The highest BCUT2D eigenvalue weighted by atomic mass is 32.2. The zero-order valence-electron chi connectivity index (χ0n) is 18.2. The smallest absolute Gasteiger partial charge is 0.354 e. The van der Waals surface area contributed by atoms with Crippen molar-refractivity contribution in [3.8, 4) is 0 Å². The minimum atomic E-state index is -4.69. The molecule has 0 bridgehead atoms. The predicted octanol–water partition coefficient (Wildman–Crippen LogP) is 5.57. The first-order valence-electron chi connectivity index (χ1n) is 10.3. The van der Waals surface area contributed by atoms with Gasteiger partial charge < -0.3 is 10.6 Å². The van der Waals surface area contributed by atoms with Crippen molar-refractivity contribution in [1.29, 1.82) is 0 Å². The van der Waals surface area contributed by atoms with Crippen LogP contribution in [0.4, 0.5) is 30.2 Å². The lowest BCUT2D eigenvalue weighted by Gasteiger charge is -2.13. The summed E-state index contributed by atoms with van der Waals surface area (Å²) >= 11 is 0. The topological polar surface area (TPSA) is 104 Å². The number of para-hydroxylation sites is 2. The van der Waals surface area contributed by atoms with Crippen LogP contribution in [-0.4, -0.2) is 24.5 Å². The molecule has 0 fully saturated rings. The third-order valence-corrected chi connectivity index (χ3v) is 6.98. The molecule has 35 heavy (non-hydrogen) atoms. The van der Waals surface area contributed by atoms with E-state index in [0.717, 1.165) is 12.6 Å². The third kappa shape index (κ3) is 5.04. The van der Waals surface area contributed by atoms with Crippen molar-refractivity contribution in [2.24, 2.45) is 0 Å². The Morgan fingerprint density at radius 1 is 0.886 bits per heavy atom. The zero-order valence-corrected chi connectivity index (χ0v) is 19.0. The van der Waals surface area contributed by atoms with Gasteiger partial charge in [0.1, 0.15) is 5.69 Å². The fourth-order valence-electron chi connectivity index (χ4n) is 3.41. The van der Waals surface area contributed by atoms with E-state index in [1.165, 1.54) is 30.3 Å². The molecule has 0 unspecified atom stereocenters. The molecule has 4 rings (SSSR count). The second kappa shape index (κ2) is 9.26. The molecule has 0 saturated heterocycles. The minimum absolute atomic E-state index is 0.0186. The number of alkyl halides is 3. The van der Waals surface area contributed by atoms with Crippen LogP contribution in [0.1, 0.15) is 21.7 Å². The Morgan fingerprint density at radius 3 is 2.14 bits per heavy atom. The Morgan fingerprint density at radius 2 is 1.51 bits per heavy atom. The molecule has 3 N–H and O–H groups in total. The first-order chi connectivity index (χ1) is 16.6. The lowest BCUT2D eigenvalue weighted by Crippen LogP contribution is -2.14. The van der Waals surface area contributed by atoms with Gasteiger partial charge in [-0.05, 0) is 55.5 Å². The molecule has 7 nitrogen and oxygen atoms in total. The number of H-pyrrole nitrogens is 1. The van der Waals surface area contributed by atoms with Crippen LogP contribution in [0.25, 0.3) is 0 Å². The Bertz CT molecular complexity index is 1470. The lowest BCUT2D eigenvalue weighted by molar-refractivity contribution is -0.141. The van der Waals surface area contributed by atoms with Gasteiger partial charge in [-0.2, -0.15) is 18.3 Å². The van der Waals surface area contributed by atoms with E-state index in [-0.39, 0.29) is 26.7 Å². The average Bonchev–Trinajstić information content (AvgIpc) is 3.22. The summed E-state index contributed by atoms with van der Waals surface area (Å²) in [7, 11) is -3.92. The first kappa shape index (κ1) is 24.0. The van der Waals surface area contributed by atoms with Crippen molar-refractivity contribution in [3.63, 3.8) is 0 Å². The molecule has 0 aliphatic heterocycles. The van der Waals surface area contributed by atoms with Gasteiger partial charge in [0.2, 0.25) is 9.84 Å². The summed E-state index contributed by atoms with van der Waals surface area (Å²) in [6.45, 7) is 1.14. The summed E-state index contributed by atoms with van der Waals surface area (Å²) in [6.07, 6.45) is -4.69. The van der Waals surface area contributed by atoms with Crippen molar-refractivity contribution >= 4 is 32.8 Å². The van der Waals surface area contributed by atoms with Gasteiger partial charge in [-0.3, -0.25) is 9.89 Å². The molecule has 180 valence electrons. The number of aromatic amines is 1. The van der Waals surface area contributed by atoms with E-state index in [1.807, 2.05) is 18.2 Å². The summed E-state index contributed by atoms with van der Waals surface area (Å²) in [5.74, 6) is -0.835. The molecule has 3 aromatic carbocycles. The molecule has 0 aliphatic rings. The molecule has 0 aliphatic carbocycles. The maximum Gasteiger partial charge on any atom is 0.435 e. The van der Waals surface area contributed by atoms with Crippen LogP contribution in [0, 0.1) is 6.92 Å². The molecule has 0 radical (unpaired) electrons. The number of nitrogens with zero attached hydrogens (tertiary/aromatic N) is 1. The molecule has 4 aromatic rings. The molecule has 1 aromatic heterocycles. The van der Waals surface area contributed by atoms with Gasteiger partial charge in [0.05, 0.1) is 15.5 Å². The number of benzene rings is 3. The van der Waals surface area contributed by atoms with E-state index in [4.69, 9.17) is 0 Å². The number of sulfone groups is 1. The van der Waals surface area contributed by atoms with Crippen LogP contribution in [0.5, 0.6) is 0 Å². The van der Waals surface area contributed by atoms with Crippen LogP contribution >= 0.6 is 0 Å². The molecule has 1 amide bonds. The highest BCUT2D eigenvalue weighted by Gasteiger charge is 2.37. The average molecular weight is 501 g/mol. The van der Waals surface area contributed by atoms with E-state index in [1.54, 1.807) is 30.3 Å². The highest BCUT2D eigenvalue weighted by Crippen LogP contribution is 2.32. The molecule has 1 heterocycles. The van der Waals surface area contributed by atoms with Crippen molar-refractivity contribution in [1.82, 2.24) is 10.2 Å². The Balaban J connectivity index is 1.56. The van der Waals surface area contributed by atoms with E-state index >= 15 is 0 Å². The Kier molecular flexibility index (Phi) is 6.35. The van der Waals surface area contributed by atoms with Gasteiger partial charge in [-0.1, -0.05) is 30.3 Å².